The van der Waals surface area contributed by atoms with Crippen molar-refractivity contribution in [1.29, 1.82) is 0 Å². The van der Waals surface area contributed by atoms with Gasteiger partial charge in [-0.3, -0.25) is 9.59 Å². The molecule has 2 aromatic rings. The average molecular weight is 457 g/mol. The lowest BCUT2D eigenvalue weighted by Crippen LogP contribution is -2.48. The van der Waals surface area contributed by atoms with E-state index in [1.807, 2.05) is 17.0 Å². The van der Waals surface area contributed by atoms with Crippen molar-refractivity contribution in [3.8, 4) is 5.75 Å². The summed E-state index contributed by atoms with van der Waals surface area (Å²) in [6.45, 7) is 11.9. The Morgan fingerprint density at radius 3 is 2.53 bits per heavy atom. The van der Waals surface area contributed by atoms with Crippen molar-refractivity contribution in [2.24, 2.45) is 5.92 Å². The van der Waals surface area contributed by atoms with Gasteiger partial charge in [0.25, 0.3) is 0 Å². The highest BCUT2D eigenvalue weighted by molar-refractivity contribution is 7.10. The van der Waals surface area contributed by atoms with Gasteiger partial charge in [0, 0.05) is 24.9 Å². The van der Waals surface area contributed by atoms with E-state index < -0.39 is 0 Å². The number of fused-ring (bicyclic) bond motifs is 1. The first-order valence-corrected chi connectivity index (χ1v) is 12.5. The van der Waals surface area contributed by atoms with Crippen molar-refractivity contribution < 1.29 is 14.3 Å². The number of carbonyl (C=O) groups excluding carboxylic acids is 2. The predicted octanol–water partition coefficient (Wildman–Crippen LogP) is 5.27. The van der Waals surface area contributed by atoms with Crippen LogP contribution in [0.5, 0.6) is 5.75 Å². The SMILES string of the molecule is CC[C@H](C)CN(CC(=O)N1CCc2sccc2[C@H]1COc1ccc(C(C)C)cc1)C(C)=O. The van der Waals surface area contributed by atoms with Crippen LogP contribution in [-0.2, 0) is 16.0 Å². The van der Waals surface area contributed by atoms with E-state index in [9.17, 15) is 9.59 Å². The minimum atomic E-state index is -0.139. The Labute approximate surface area is 196 Å². The average Bonchev–Trinajstić information content (AvgIpc) is 3.26. The zero-order valence-electron chi connectivity index (χ0n) is 20.0. The second kappa shape index (κ2) is 11.0. The normalized spacial score (nSPS) is 16.6. The Balaban J connectivity index is 1.73. The molecule has 6 heteroatoms. The summed E-state index contributed by atoms with van der Waals surface area (Å²) in [5, 5.41) is 2.09. The minimum absolute atomic E-state index is 0.0101. The van der Waals surface area contributed by atoms with E-state index in [2.05, 4.69) is 51.3 Å². The molecule has 2 amide bonds. The van der Waals surface area contributed by atoms with E-state index in [0.717, 1.165) is 18.6 Å². The van der Waals surface area contributed by atoms with Crippen molar-refractivity contribution in [1.82, 2.24) is 9.80 Å². The molecule has 0 unspecified atom stereocenters. The zero-order chi connectivity index (χ0) is 23.3. The lowest BCUT2D eigenvalue weighted by Gasteiger charge is -2.37. The van der Waals surface area contributed by atoms with E-state index in [4.69, 9.17) is 4.74 Å². The van der Waals surface area contributed by atoms with Crippen molar-refractivity contribution in [3.05, 3.63) is 51.7 Å². The molecule has 32 heavy (non-hydrogen) atoms. The van der Waals surface area contributed by atoms with Crippen molar-refractivity contribution >= 4 is 23.2 Å². The first-order valence-electron chi connectivity index (χ1n) is 11.6. The van der Waals surface area contributed by atoms with Gasteiger partial charge < -0.3 is 14.5 Å². The smallest absolute Gasteiger partial charge is 0.242 e. The van der Waals surface area contributed by atoms with Crippen molar-refractivity contribution in [2.45, 2.75) is 59.4 Å². The molecule has 1 aromatic heterocycles. The molecule has 174 valence electrons. The van der Waals surface area contributed by atoms with Gasteiger partial charge in [-0.15, -0.1) is 11.3 Å². The molecule has 2 atom stereocenters. The second-order valence-electron chi connectivity index (χ2n) is 9.10. The van der Waals surface area contributed by atoms with Gasteiger partial charge in [0.2, 0.25) is 11.8 Å². The van der Waals surface area contributed by atoms with Crippen LogP contribution in [0.4, 0.5) is 0 Å². The number of rotatable bonds is 9. The molecule has 2 heterocycles. The van der Waals surface area contributed by atoms with Crippen molar-refractivity contribution in [2.75, 3.05) is 26.2 Å². The fraction of sp³-hybridized carbons (Fsp3) is 0.538. The van der Waals surface area contributed by atoms with E-state index in [-0.39, 0.29) is 24.4 Å². The standard InChI is InChI=1S/C26H36N2O3S/c1-6-19(4)15-27(20(5)29)16-26(30)28-13-11-25-23(12-14-32-25)24(28)17-31-22-9-7-21(8-10-22)18(2)3/h7-10,12,14,18-19,24H,6,11,13,15-17H2,1-5H3/t19-,24+/m0/s1. The molecule has 1 aliphatic heterocycles. The van der Waals surface area contributed by atoms with Crippen LogP contribution in [0.1, 0.15) is 69.0 Å². The summed E-state index contributed by atoms with van der Waals surface area (Å²) in [5.41, 5.74) is 2.45. The lowest BCUT2D eigenvalue weighted by molar-refractivity contribution is -0.142. The molecule has 0 radical (unpaired) electrons. The van der Waals surface area contributed by atoms with Crippen LogP contribution in [-0.4, -0.2) is 47.9 Å². The maximum atomic E-state index is 13.3. The van der Waals surface area contributed by atoms with Gasteiger partial charge in [0.05, 0.1) is 12.6 Å². The number of benzene rings is 1. The molecule has 0 saturated carbocycles. The van der Waals surface area contributed by atoms with Crippen LogP contribution in [0.25, 0.3) is 0 Å². The van der Waals surface area contributed by atoms with Gasteiger partial charge in [0.15, 0.2) is 0 Å². The summed E-state index contributed by atoms with van der Waals surface area (Å²) in [7, 11) is 0. The second-order valence-corrected chi connectivity index (χ2v) is 10.1. The van der Waals surface area contributed by atoms with Gasteiger partial charge in [-0.05, 0) is 53.0 Å². The van der Waals surface area contributed by atoms with E-state index >= 15 is 0 Å². The highest BCUT2D eigenvalue weighted by Crippen LogP contribution is 2.34. The van der Waals surface area contributed by atoms with Gasteiger partial charge in [-0.25, -0.2) is 0 Å². The molecule has 0 aliphatic carbocycles. The highest BCUT2D eigenvalue weighted by Gasteiger charge is 2.33. The number of thiophene rings is 1. The molecular formula is C26H36N2O3S. The molecule has 0 saturated heterocycles. The third-order valence-electron chi connectivity index (χ3n) is 6.37. The third kappa shape index (κ3) is 5.91. The third-order valence-corrected chi connectivity index (χ3v) is 7.37. The van der Waals surface area contributed by atoms with Gasteiger partial charge in [0.1, 0.15) is 12.4 Å². The molecule has 3 rings (SSSR count). The summed E-state index contributed by atoms with van der Waals surface area (Å²) < 4.78 is 6.15. The number of hydrogen-bond acceptors (Lipinski definition) is 4. The van der Waals surface area contributed by atoms with Crippen LogP contribution in [0.3, 0.4) is 0 Å². The number of ether oxygens (including phenoxy) is 1. The quantitative estimate of drug-likeness (QED) is 0.516. The summed E-state index contributed by atoms with van der Waals surface area (Å²) in [4.78, 5) is 30.4. The molecule has 0 fully saturated rings. The van der Waals surface area contributed by atoms with Crippen LogP contribution < -0.4 is 4.74 Å². The monoisotopic (exact) mass is 456 g/mol. The Morgan fingerprint density at radius 2 is 1.91 bits per heavy atom. The van der Waals surface area contributed by atoms with Crippen LogP contribution in [0.15, 0.2) is 35.7 Å². The van der Waals surface area contributed by atoms with Gasteiger partial charge in [-0.2, -0.15) is 0 Å². The molecule has 1 aliphatic rings. The van der Waals surface area contributed by atoms with E-state index in [1.165, 1.54) is 16.0 Å². The maximum Gasteiger partial charge on any atom is 0.242 e. The highest BCUT2D eigenvalue weighted by atomic mass is 32.1. The molecule has 5 nitrogen and oxygen atoms in total. The molecule has 1 aromatic carbocycles. The van der Waals surface area contributed by atoms with Crippen molar-refractivity contribution in [3.63, 3.8) is 0 Å². The largest absolute Gasteiger partial charge is 0.491 e. The van der Waals surface area contributed by atoms with Crippen LogP contribution in [0, 0.1) is 5.92 Å². The number of nitrogens with zero attached hydrogens (tertiary/aromatic N) is 2. The molecule has 0 N–H and O–H groups in total. The van der Waals surface area contributed by atoms with Gasteiger partial charge in [-0.1, -0.05) is 46.2 Å². The summed E-state index contributed by atoms with van der Waals surface area (Å²) in [6, 6.07) is 10.2. The predicted molar refractivity (Wildman–Crippen MR) is 130 cm³/mol. The number of carbonyl (C=O) groups is 2. The fourth-order valence-electron chi connectivity index (χ4n) is 4.06. The van der Waals surface area contributed by atoms with Crippen LogP contribution in [0.2, 0.25) is 0 Å². The minimum Gasteiger partial charge on any atom is -0.491 e. The Bertz CT molecular complexity index is 906. The molecule has 0 spiro atoms. The Kier molecular flexibility index (Phi) is 8.35. The van der Waals surface area contributed by atoms with Gasteiger partial charge >= 0.3 is 0 Å². The maximum absolute atomic E-state index is 13.3. The molecule has 0 bridgehead atoms. The first-order chi connectivity index (χ1) is 15.3. The zero-order valence-corrected chi connectivity index (χ0v) is 20.8. The molecular weight excluding hydrogens is 420 g/mol. The summed E-state index contributed by atoms with van der Waals surface area (Å²) >= 11 is 1.74. The Morgan fingerprint density at radius 1 is 1.19 bits per heavy atom. The topological polar surface area (TPSA) is 49.9 Å². The summed E-state index contributed by atoms with van der Waals surface area (Å²) in [6.07, 6.45) is 1.83. The van der Waals surface area contributed by atoms with E-state index in [0.29, 0.717) is 31.5 Å². The fourth-order valence-corrected chi connectivity index (χ4v) is 4.99. The number of amides is 2. The first kappa shape index (κ1) is 24.3. The van der Waals surface area contributed by atoms with E-state index in [1.54, 1.807) is 23.2 Å². The summed E-state index contributed by atoms with van der Waals surface area (Å²) in [5.74, 6) is 1.59. The lowest BCUT2D eigenvalue weighted by atomic mass is 10.00. The number of hydrogen-bond donors (Lipinski definition) is 0. The Hall–Kier alpha value is -2.34. The van der Waals surface area contributed by atoms with Crippen LogP contribution >= 0.6 is 11.3 Å².